The molecule has 0 radical (unpaired) electrons. The second kappa shape index (κ2) is 7.77. The molecule has 1 aromatic carbocycles. The zero-order valence-corrected chi connectivity index (χ0v) is 15.7. The third-order valence-corrected chi connectivity index (χ3v) is 4.56. The SMILES string of the molecule is CCOC(=O)c1ccc(N2C(=O)CC(N(C)Cc3c([O-])on[n+]3C)C2=O)cc1. The van der Waals surface area contributed by atoms with E-state index in [0.717, 1.165) is 4.90 Å². The first-order chi connectivity index (χ1) is 13.3. The van der Waals surface area contributed by atoms with Crippen LogP contribution < -0.4 is 14.7 Å². The number of imide groups is 1. The largest absolute Gasteiger partial charge is 0.539 e. The highest BCUT2D eigenvalue weighted by atomic mass is 16.6. The van der Waals surface area contributed by atoms with Gasteiger partial charge in [0, 0.05) is 0 Å². The average molecular weight is 388 g/mol. The van der Waals surface area contributed by atoms with Crippen LogP contribution in [0.4, 0.5) is 5.69 Å². The maximum atomic E-state index is 12.8. The van der Waals surface area contributed by atoms with Crippen molar-refractivity contribution in [1.29, 1.82) is 0 Å². The Bertz CT molecular complexity index is 888. The van der Waals surface area contributed by atoms with Crippen molar-refractivity contribution in [2.45, 2.75) is 25.9 Å². The van der Waals surface area contributed by atoms with Crippen molar-refractivity contribution < 1.29 is 33.4 Å². The number of aryl methyl sites for hydroxylation is 1. The van der Waals surface area contributed by atoms with E-state index in [1.54, 1.807) is 25.9 Å². The van der Waals surface area contributed by atoms with E-state index < -0.39 is 23.9 Å². The number of aromatic nitrogens is 2. The summed E-state index contributed by atoms with van der Waals surface area (Å²) >= 11 is 0. The van der Waals surface area contributed by atoms with Gasteiger partial charge in [0.1, 0.15) is 0 Å². The highest BCUT2D eigenvalue weighted by Crippen LogP contribution is 2.26. The van der Waals surface area contributed by atoms with E-state index in [1.807, 2.05) is 0 Å². The topological polar surface area (TPSA) is 120 Å². The van der Waals surface area contributed by atoms with Gasteiger partial charge in [-0.25, -0.2) is 9.69 Å². The predicted octanol–water partition coefficient (Wildman–Crippen LogP) is -0.487. The van der Waals surface area contributed by atoms with Gasteiger partial charge in [0.2, 0.25) is 11.6 Å². The van der Waals surface area contributed by atoms with E-state index in [4.69, 9.17) is 4.74 Å². The molecule has 1 fully saturated rings. The Morgan fingerprint density at radius 1 is 1.39 bits per heavy atom. The summed E-state index contributed by atoms with van der Waals surface area (Å²) in [6, 6.07) is 5.35. The molecule has 1 aromatic heterocycles. The van der Waals surface area contributed by atoms with Gasteiger partial charge >= 0.3 is 5.97 Å². The third kappa shape index (κ3) is 3.58. The molecule has 2 amide bonds. The molecule has 0 bridgehead atoms. The van der Waals surface area contributed by atoms with E-state index in [-0.39, 0.29) is 31.2 Å². The Hall–Kier alpha value is -3.27. The summed E-state index contributed by atoms with van der Waals surface area (Å²) in [4.78, 5) is 39.7. The molecular formula is C18H20N4O6. The lowest BCUT2D eigenvalue weighted by Crippen LogP contribution is -2.43. The molecule has 148 valence electrons. The molecule has 10 heteroatoms. The number of anilines is 1. The van der Waals surface area contributed by atoms with Gasteiger partial charge in [-0.2, -0.15) is 0 Å². The summed E-state index contributed by atoms with van der Waals surface area (Å²) in [6.45, 7) is 2.07. The van der Waals surface area contributed by atoms with Gasteiger partial charge in [0.15, 0.2) is 13.0 Å². The first-order valence-corrected chi connectivity index (χ1v) is 8.69. The van der Waals surface area contributed by atoms with Gasteiger partial charge in [-0.3, -0.25) is 14.5 Å². The number of carbonyl (C=O) groups excluding carboxylic acids is 3. The zero-order valence-electron chi connectivity index (χ0n) is 15.7. The number of amides is 2. The summed E-state index contributed by atoms with van der Waals surface area (Å²) < 4.78 is 10.8. The Balaban J connectivity index is 1.75. The first kappa shape index (κ1) is 19.5. The summed E-state index contributed by atoms with van der Waals surface area (Å²) in [7, 11) is 3.21. The van der Waals surface area contributed by atoms with E-state index in [1.165, 1.54) is 28.9 Å². The number of esters is 1. The maximum Gasteiger partial charge on any atom is 0.338 e. The lowest BCUT2D eigenvalue weighted by molar-refractivity contribution is -0.747. The van der Waals surface area contributed by atoms with Crippen LogP contribution in [-0.2, 0) is 27.9 Å². The minimum Gasteiger partial charge on any atom is -0.539 e. The number of benzene rings is 1. The van der Waals surface area contributed by atoms with Crippen LogP contribution in [0.1, 0.15) is 29.4 Å². The van der Waals surface area contributed by atoms with Crippen LogP contribution in [0.3, 0.4) is 0 Å². The number of hydrogen-bond acceptors (Lipinski definition) is 8. The maximum absolute atomic E-state index is 12.8. The van der Waals surface area contributed by atoms with Crippen molar-refractivity contribution in [3.8, 4) is 5.95 Å². The number of nitrogens with zero attached hydrogens (tertiary/aromatic N) is 4. The highest BCUT2D eigenvalue weighted by molar-refractivity contribution is 6.22. The molecule has 3 rings (SSSR count). The van der Waals surface area contributed by atoms with Gasteiger partial charge in [0.25, 0.3) is 5.91 Å². The minimum absolute atomic E-state index is 0.0157. The molecule has 28 heavy (non-hydrogen) atoms. The number of likely N-dealkylation sites (N-methyl/N-ethyl adjacent to an activating group) is 1. The Kier molecular flexibility index (Phi) is 5.41. The van der Waals surface area contributed by atoms with Gasteiger partial charge < -0.3 is 14.4 Å². The van der Waals surface area contributed by atoms with Crippen molar-refractivity contribution in [2.24, 2.45) is 7.05 Å². The number of rotatable bonds is 6. The van der Waals surface area contributed by atoms with Gasteiger partial charge in [-0.05, 0) is 38.2 Å². The fourth-order valence-corrected chi connectivity index (χ4v) is 3.04. The molecule has 0 aliphatic carbocycles. The average Bonchev–Trinajstić information content (AvgIpc) is 3.14. The van der Waals surface area contributed by atoms with Crippen molar-refractivity contribution in [3.63, 3.8) is 0 Å². The van der Waals surface area contributed by atoms with E-state index in [9.17, 15) is 19.5 Å². The lowest BCUT2D eigenvalue weighted by atomic mass is 10.2. The molecule has 1 saturated heterocycles. The number of ether oxygens (including phenoxy) is 1. The van der Waals surface area contributed by atoms with Crippen LogP contribution in [0.15, 0.2) is 28.8 Å². The number of carbonyl (C=O) groups is 3. The molecule has 1 unspecified atom stereocenters. The molecular weight excluding hydrogens is 368 g/mol. The van der Waals surface area contributed by atoms with Crippen LogP contribution in [-0.4, -0.2) is 47.7 Å². The molecule has 10 nitrogen and oxygen atoms in total. The standard InChI is InChI=1S/C18H20N4O6/c1-4-27-17(25)11-5-7-12(8-6-11)22-15(23)9-13(16(22)24)20(2)10-14-18(26)28-19-21(14)3/h5-8,13H,4,9-10H2,1-3H3. The summed E-state index contributed by atoms with van der Waals surface area (Å²) in [5.41, 5.74) is 0.986. The van der Waals surface area contributed by atoms with Gasteiger partial charge in [-0.1, -0.05) is 4.68 Å². The zero-order chi connectivity index (χ0) is 20.4. The van der Waals surface area contributed by atoms with Crippen LogP contribution in [0.2, 0.25) is 0 Å². The van der Waals surface area contributed by atoms with Crippen molar-refractivity contribution in [3.05, 3.63) is 35.5 Å². The third-order valence-electron chi connectivity index (χ3n) is 4.56. The van der Waals surface area contributed by atoms with Crippen LogP contribution >= 0.6 is 0 Å². The fraction of sp³-hybridized carbons (Fsp3) is 0.389. The summed E-state index contributed by atoms with van der Waals surface area (Å²) in [6.07, 6.45) is -0.0157. The van der Waals surface area contributed by atoms with Crippen LogP contribution in [0.5, 0.6) is 5.95 Å². The van der Waals surface area contributed by atoms with Crippen LogP contribution in [0.25, 0.3) is 0 Å². The minimum atomic E-state index is -0.716. The quantitative estimate of drug-likeness (QED) is 0.369. The molecule has 1 atom stereocenters. The molecule has 0 spiro atoms. The van der Waals surface area contributed by atoms with E-state index in [2.05, 4.69) is 9.79 Å². The smallest absolute Gasteiger partial charge is 0.338 e. The van der Waals surface area contributed by atoms with Gasteiger partial charge in [0.05, 0.1) is 42.1 Å². The summed E-state index contributed by atoms with van der Waals surface area (Å²) in [5, 5.41) is 15.2. The lowest BCUT2D eigenvalue weighted by Gasteiger charge is -2.21. The second-order valence-electron chi connectivity index (χ2n) is 6.40. The number of hydrogen-bond donors (Lipinski definition) is 0. The van der Waals surface area contributed by atoms with Crippen molar-refractivity contribution >= 4 is 23.5 Å². The fourth-order valence-electron chi connectivity index (χ4n) is 3.04. The first-order valence-electron chi connectivity index (χ1n) is 8.69. The molecule has 0 saturated carbocycles. The molecule has 1 aliphatic rings. The second-order valence-corrected chi connectivity index (χ2v) is 6.40. The molecule has 2 aromatic rings. The monoisotopic (exact) mass is 388 g/mol. The van der Waals surface area contributed by atoms with E-state index in [0.29, 0.717) is 11.3 Å². The van der Waals surface area contributed by atoms with E-state index >= 15 is 0 Å². The predicted molar refractivity (Wildman–Crippen MR) is 91.9 cm³/mol. The molecule has 0 N–H and O–H groups in total. The molecule has 2 heterocycles. The van der Waals surface area contributed by atoms with Crippen LogP contribution in [0, 0.1) is 0 Å². The Labute approximate surface area is 160 Å². The molecule has 1 aliphatic heterocycles. The van der Waals surface area contributed by atoms with Crippen molar-refractivity contribution in [2.75, 3.05) is 18.6 Å². The van der Waals surface area contributed by atoms with Gasteiger partial charge in [-0.15, -0.1) is 0 Å². The Morgan fingerprint density at radius 2 is 2.07 bits per heavy atom. The van der Waals surface area contributed by atoms with Crippen molar-refractivity contribution in [1.82, 2.24) is 10.2 Å². The normalized spacial score (nSPS) is 16.9. The highest BCUT2D eigenvalue weighted by Gasteiger charge is 2.42. The Morgan fingerprint density at radius 3 is 2.64 bits per heavy atom. The summed E-state index contributed by atoms with van der Waals surface area (Å²) in [5.74, 6) is -1.82.